The summed E-state index contributed by atoms with van der Waals surface area (Å²) in [5, 5.41) is 0. The number of imide groups is 1. The van der Waals surface area contributed by atoms with Gasteiger partial charge in [-0.2, -0.15) is 0 Å². The highest BCUT2D eigenvalue weighted by atomic mass is 79.9. The number of halogens is 1. The predicted octanol–water partition coefficient (Wildman–Crippen LogP) is 1.63. The second-order valence-corrected chi connectivity index (χ2v) is 6.75. The summed E-state index contributed by atoms with van der Waals surface area (Å²) in [6.07, 6.45) is 1.37. The van der Waals surface area contributed by atoms with Gasteiger partial charge in [-0.1, -0.05) is 15.9 Å². The van der Waals surface area contributed by atoms with Gasteiger partial charge in [-0.25, -0.2) is 9.69 Å². The topological polar surface area (TPSA) is 46.6 Å². The van der Waals surface area contributed by atoms with Crippen molar-refractivity contribution in [2.75, 3.05) is 13.2 Å². The third-order valence-electron chi connectivity index (χ3n) is 5.13. The number of carbonyl (C=O) groups is 2. The van der Waals surface area contributed by atoms with Gasteiger partial charge in [0.15, 0.2) is 0 Å². The lowest BCUT2D eigenvalue weighted by molar-refractivity contribution is -0.129. The van der Waals surface area contributed by atoms with Gasteiger partial charge in [-0.3, -0.25) is 4.79 Å². The lowest BCUT2D eigenvalue weighted by atomic mass is 9.94. The van der Waals surface area contributed by atoms with Crippen LogP contribution in [-0.2, 0) is 9.53 Å². The molecular formula is C12H14BrNO3. The second-order valence-electron chi connectivity index (χ2n) is 5.69. The van der Waals surface area contributed by atoms with Gasteiger partial charge in [0.1, 0.15) is 6.61 Å². The van der Waals surface area contributed by atoms with Crippen LogP contribution in [0, 0.1) is 29.6 Å². The Morgan fingerprint density at radius 1 is 1.41 bits per heavy atom. The molecule has 0 aromatic rings. The van der Waals surface area contributed by atoms with Crippen molar-refractivity contribution in [1.29, 1.82) is 0 Å². The highest BCUT2D eigenvalue weighted by Gasteiger charge is 2.72. The van der Waals surface area contributed by atoms with E-state index in [9.17, 15) is 9.59 Å². The molecule has 2 amide bonds. The van der Waals surface area contributed by atoms with E-state index in [1.807, 2.05) is 0 Å². The summed E-state index contributed by atoms with van der Waals surface area (Å²) in [6, 6.07) is 0. The molecule has 0 spiro atoms. The molecule has 1 aliphatic heterocycles. The van der Waals surface area contributed by atoms with Gasteiger partial charge in [-0.15, -0.1) is 0 Å². The lowest BCUT2D eigenvalue weighted by Gasteiger charge is -2.18. The number of nitrogens with zero attached hydrogens (tertiary/aromatic N) is 1. The van der Waals surface area contributed by atoms with Crippen LogP contribution in [0.15, 0.2) is 0 Å². The third kappa shape index (κ3) is 1.23. The Morgan fingerprint density at radius 3 is 2.71 bits per heavy atom. The fraction of sp³-hybridized carbons (Fsp3) is 0.833. The first-order chi connectivity index (χ1) is 8.18. The van der Waals surface area contributed by atoms with E-state index in [-0.39, 0.29) is 5.91 Å². The summed E-state index contributed by atoms with van der Waals surface area (Å²) >= 11 is 3.76. The molecular weight excluding hydrogens is 286 g/mol. The Morgan fingerprint density at radius 2 is 2.24 bits per heavy atom. The first-order valence-electron chi connectivity index (χ1n) is 6.29. The van der Waals surface area contributed by atoms with Crippen molar-refractivity contribution in [1.82, 2.24) is 4.90 Å². The van der Waals surface area contributed by atoms with Gasteiger partial charge in [-0.05, 0) is 36.0 Å². The maximum absolute atomic E-state index is 12.1. The van der Waals surface area contributed by atoms with Gasteiger partial charge in [0, 0.05) is 11.2 Å². The molecule has 0 N–H and O–H groups in total. The molecule has 1 saturated heterocycles. The maximum Gasteiger partial charge on any atom is 0.416 e. The Hall–Kier alpha value is -0.580. The van der Waals surface area contributed by atoms with E-state index in [1.165, 1.54) is 11.3 Å². The van der Waals surface area contributed by atoms with Gasteiger partial charge in [0.25, 0.3) is 0 Å². The molecule has 1 heterocycles. The number of amides is 2. The zero-order chi connectivity index (χ0) is 11.7. The average Bonchev–Trinajstić information content (AvgIpc) is 2.64. The molecule has 5 heteroatoms. The highest BCUT2D eigenvalue weighted by Crippen LogP contribution is 2.75. The Kier molecular flexibility index (Phi) is 1.98. The molecule has 6 atom stereocenters. The van der Waals surface area contributed by atoms with E-state index in [1.54, 1.807) is 0 Å². The fourth-order valence-electron chi connectivity index (χ4n) is 4.44. The van der Waals surface area contributed by atoms with E-state index in [0.717, 1.165) is 17.8 Å². The minimum atomic E-state index is -0.455. The van der Waals surface area contributed by atoms with Crippen molar-refractivity contribution in [3.63, 3.8) is 0 Å². The number of alkyl halides is 1. The Balaban J connectivity index is 1.46. The van der Waals surface area contributed by atoms with E-state index < -0.39 is 6.09 Å². The van der Waals surface area contributed by atoms with Crippen LogP contribution in [0.5, 0.6) is 0 Å². The van der Waals surface area contributed by atoms with Crippen molar-refractivity contribution >= 4 is 27.9 Å². The van der Waals surface area contributed by atoms with E-state index in [2.05, 4.69) is 15.9 Å². The summed E-state index contributed by atoms with van der Waals surface area (Å²) in [7, 11) is 0. The van der Waals surface area contributed by atoms with E-state index in [0.29, 0.717) is 36.2 Å². The zero-order valence-electron chi connectivity index (χ0n) is 9.34. The molecule has 5 fully saturated rings. The van der Waals surface area contributed by atoms with E-state index in [4.69, 9.17) is 4.74 Å². The third-order valence-corrected chi connectivity index (χ3v) is 6.42. The Labute approximate surface area is 108 Å². The van der Waals surface area contributed by atoms with Crippen LogP contribution in [0.2, 0.25) is 0 Å². The molecule has 4 saturated carbocycles. The molecule has 5 rings (SSSR count). The van der Waals surface area contributed by atoms with Crippen molar-refractivity contribution in [2.24, 2.45) is 29.6 Å². The molecule has 4 unspecified atom stereocenters. The highest BCUT2D eigenvalue weighted by molar-refractivity contribution is 9.09. The van der Waals surface area contributed by atoms with Crippen molar-refractivity contribution in [3.05, 3.63) is 0 Å². The quantitative estimate of drug-likeness (QED) is 0.728. The van der Waals surface area contributed by atoms with Gasteiger partial charge in [0.2, 0.25) is 5.91 Å². The predicted molar refractivity (Wildman–Crippen MR) is 62.5 cm³/mol. The summed E-state index contributed by atoms with van der Waals surface area (Å²) in [6.45, 7) is 0.790. The van der Waals surface area contributed by atoms with Crippen molar-refractivity contribution in [2.45, 2.75) is 17.7 Å². The Bertz CT molecular complexity index is 413. The summed E-state index contributed by atoms with van der Waals surface area (Å²) in [4.78, 5) is 25.3. The zero-order valence-corrected chi connectivity index (χ0v) is 10.9. The minimum absolute atomic E-state index is 0.0320. The second kappa shape index (κ2) is 3.25. The molecule has 5 aliphatic rings. The van der Waals surface area contributed by atoms with Crippen LogP contribution in [0.3, 0.4) is 0 Å². The van der Waals surface area contributed by atoms with Gasteiger partial charge < -0.3 is 4.74 Å². The SMILES string of the molecule is O=C(CC1C2C3C(Br)[C@@H]1C[C@H]32)N1CCOC1=O. The molecule has 4 nitrogen and oxygen atoms in total. The van der Waals surface area contributed by atoms with Crippen LogP contribution in [-0.4, -0.2) is 34.9 Å². The minimum Gasteiger partial charge on any atom is -0.447 e. The van der Waals surface area contributed by atoms with Crippen LogP contribution in [0.4, 0.5) is 4.79 Å². The summed E-state index contributed by atoms with van der Waals surface area (Å²) in [5.74, 6) is 3.59. The number of ether oxygens (including phenoxy) is 1. The smallest absolute Gasteiger partial charge is 0.416 e. The molecule has 4 bridgehead atoms. The van der Waals surface area contributed by atoms with Gasteiger partial charge in [0.05, 0.1) is 6.54 Å². The molecule has 92 valence electrons. The number of carbonyl (C=O) groups excluding carboxylic acids is 2. The number of hydrogen-bond acceptors (Lipinski definition) is 3. The van der Waals surface area contributed by atoms with Crippen LogP contribution in [0.1, 0.15) is 12.8 Å². The largest absolute Gasteiger partial charge is 0.447 e. The average molecular weight is 300 g/mol. The lowest BCUT2D eigenvalue weighted by Crippen LogP contribution is -2.33. The number of hydrogen-bond donors (Lipinski definition) is 0. The number of cyclic esters (lactones) is 1. The fourth-order valence-corrected chi connectivity index (χ4v) is 5.79. The standard InChI is InChI=1S/C12H14BrNO3/c13-11-6-3-7-9(10(7)11)5(6)4-8(15)14-1-2-17-12(14)16/h5-7,9-11H,1-4H2/t5?,6-,7+,9?,10?,11?/m1/s1. The number of rotatable bonds is 2. The van der Waals surface area contributed by atoms with Crippen LogP contribution >= 0.6 is 15.9 Å². The maximum atomic E-state index is 12.1. The first kappa shape index (κ1) is 10.4. The molecule has 0 radical (unpaired) electrons. The normalized spacial score (nSPS) is 49.7. The molecule has 17 heavy (non-hydrogen) atoms. The van der Waals surface area contributed by atoms with Crippen molar-refractivity contribution in [3.8, 4) is 0 Å². The monoisotopic (exact) mass is 299 g/mol. The van der Waals surface area contributed by atoms with Gasteiger partial charge >= 0.3 is 6.09 Å². The van der Waals surface area contributed by atoms with Crippen LogP contribution in [0.25, 0.3) is 0 Å². The molecule has 0 aromatic heterocycles. The molecule has 0 aromatic carbocycles. The van der Waals surface area contributed by atoms with E-state index >= 15 is 0 Å². The summed E-state index contributed by atoms with van der Waals surface area (Å²) in [5.41, 5.74) is 0. The summed E-state index contributed by atoms with van der Waals surface area (Å²) < 4.78 is 4.80. The molecule has 4 aliphatic carbocycles. The van der Waals surface area contributed by atoms with Crippen LogP contribution < -0.4 is 0 Å². The first-order valence-corrected chi connectivity index (χ1v) is 7.21. The van der Waals surface area contributed by atoms with Crippen molar-refractivity contribution < 1.29 is 14.3 Å².